The van der Waals surface area contributed by atoms with Crippen LogP contribution in [0.1, 0.15) is 23.7 Å². The van der Waals surface area contributed by atoms with Gasteiger partial charge in [0.2, 0.25) is 0 Å². The van der Waals surface area contributed by atoms with E-state index < -0.39 is 17.8 Å². The van der Waals surface area contributed by atoms with Gasteiger partial charge in [-0.2, -0.15) is 13.2 Å². The van der Waals surface area contributed by atoms with Crippen LogP contribution in [0.3, 0.4) is 0 Å². The van der Waals surface area contributed by atoms with Crippen LogP contribution >= 0.6 is 0 Å². The van der Waals surface area contributed by atoms with Gasteiger partial charge in [-0.05, 0) is 31.5 Å². The van der Waals surface area contributed by atoms with E-state index in [-0.39, 0.29) is 23.1 Å². The number of nitrogens with zero attached hydrogens (tertiary/aromatic N) is 7. The van der Waals surface area contributed by atoms with Crippen LogP contribution in [0.2, 0.25) is 0 Å². The first kappa shape index (κ1) is 27.1. The number of carbonyl (C=O) groups excluding carboxylic acids is 1. The number of halogens is 3. The van der Waals surface area contributed by atoms with E-state index in [4.69, 9.17) is 10.5 Å². The highest BCUT2D eigenvalue weighted by Gasteiger charge is 2.36. The quantitative estimate of drug-likeness (QED) is 0.489. The second kappa shape index (κ2) is 10.6. The third-order valence-corrected chi connectivity index (χ3v) is 7.17. The number of hydrogen-bond donors (Lipinski definition) is 2. The number of aromatic nitrogens is 4. The van der Waals surface area contributed by atoms with Gasteiger partial charge in [0.05, 0.1) is 24.3 Å². The number of alkyl halides is 3. The third-order valence-electron chi connectivity index (χ3n) is 7.17. The van der Waals surface area contributed by atoms with Crippen molar-refractivity contribution >= 4 is 23.1 Å². The van der Waals surface area contributed by atoms with Crippen molar-refractivity contribution in [3.05, 3.63) is 35.2 Å². The van der Waals surface area contributed by atoms with Gasteiger partial charge in [-0.3, -0.25) is 9.69 Å². The SMILES string of the molecule is Cc1c(CN2CCN(C(=O)C(C)O)CC2)cc2c(N3CCOCC3)nc(-c3cnc(N)cc3C(F)(F)F)nn12. The number of carbonyl (C=O) groups is 1. The van der Waals surface area contributed by atoms with E-state index in [1.54, 1.807) is 9.42 Å². The number of aliphatic hydroxyl groups is 1. The predicted molar refractivity (Wildman–Crippen MR) is 137 cm³/mol. The van der Waals surface area contributed by atoms with E-state index in [0.29, 0.717) is 70.4 Å². The number of morpholine rings is 1. The van der Waals surface area contributed by atoms with Crippen LogP contribution in [0.15, 0.2) is 18.3 Å². The second-order valence-electron chi connectivity index (χ2n) is 9.84. The zero-order valence-electron chi connectivity index (χ0n) is 21.8. The molecule has 3 aromatic heterocycles. The van der Waals surface area contributed by atoms with Gasteiger partial charge < -0.3 is 25.4 Å². The summed E-state index contributed by atoms with van der Waals surface area (Å²) in [7, 11) is 0. The van der Waals surface area contributed by atoms with E-state index in [1.165, 1.54) is 6.92 Å². The fraction of sp³-hybridized carbons (Fsp3) is 0.520. The van der Waals surface area contributed by atoms with Crippen molar-refractivity contribution in [2.24, 2.45) is 0 Å². The number of amides is 1. The average Bonchev–Trinajstić information content (AvgIpc) is 3.23. The summed E-state index contributed by atoms with van der Waals surface area (Å²) in [6, 6.07) is 2.77. The lowest BCUT2D eigenvalue weighted by Gasteiger charge is -2.35. The Morgan fingerprint density at radius 1 is 1.15 bits per heavy atom. The summed E-state index contributed by atoms with van der Waals surface area (Å²) in [5.74, 6) is -0.0988. The molecule has 11 nitrogen and oxygen atoms in total. The number of nitrogens with two attached hydrogens (primary N) is 1. The van der Waals surface area contributed by atoms with Gasteiger partial charge in [-0.15, -0.1) is 5.10 Å². The van der Waals surface area contributed by atoms with Crippen molar-refractivity contribution in [2.75, 3.05) is 63.1 Å². The van der Waals surface area contributed by atoms with Crippen molar-refractivity contribution in [3.8, 4) is 11.4 Å². The van der Waals surface area contributed by atoms with Gasteiger partial charge in [-0.1, -0.05) is 0 Å². The molecule has 0 spiro atoms. The molecule has 2 fully saturated rings. The van der Waals surface area contributed by atoms with E-state index in [0.717, 1.165) is 23.5 Å². The van der Waals surface area contributed by atoms with Gasteiger partial charge in [0, 0.05) is 57.7 Å². The molecule has 5 heterocycles. The van der Waals surface area contributed by atoms with E-state index in [9.17, 15) is 23.1 Å². The number of aliphatic hydroxyl groups excluding tert-OH is 1. The lowest BCUT2D eigenvalue weighted by Crippen LogP contribution is -2.50. The number of fused-ring (bicyclic) bond motifs is 1. The highest BCUT2D eigenvalue weighted by atomic mass is 19.4. The zero-order chi connectivity index (χ0) is 27.9. The minimum atomic E-state index is -4.67. The average molecular weight is 549 g/mol. The van der Waals surface area contributed by atoms with Crippen LogP contribution in [0.5, 0.6) is 0 Å². The Hall–Kier alpha value is -3.49. The van der Waals surface area contributed by atoms with Crippen LogP contribution in [0, 0.1) is 6.92 Å². The Labute approximate surface area is 223 Å². The standard InChI is InChI=1S/C25H31F3N8O3/c1-15-17(14-33-3-5-35(6-4-33)24(38)16(2)37)11-20-23(34-7-9-39-10-8-34)31-22(32-36(15)20)18-13-30-21(29)12-19(18)25(26,27)28/h11-13,16,37H,3-10,14H2,1-2H3,(H2,29,30). The summed E-state index contributed by atoms with van der Waals surface area (Å²) < 4.78 is 48.9. The van der Waals surface area contributed by atoms with E-state index in [1.807, 2.05) is 17.9 Å². The van der Waals surface area contributed by atoms with Crippen molar-refractivity contribution in [2.45, 2.75) is 32.7 Å². The topological polar surface area (TPSA) is 125 Å². The lowest BCUT2D eigenvalue weighted by molar-refractivity contribution is -0.141. The molecule has 2 saturated heterocycles. The molecule has 3 N–H and O–H groups in total. The molecular formula is C25H31F3N8O3. The third kappa shape index (κ3) is 5.49. The van der Waals surface area contributed by atoms with Crippen LogP contribution in [-0.2, 0) is 22.3 Å². The maximum absolute atomic E-state index is 13.9. The number of rotatable bonds is 5. The number of hydrogen-bond acceptors (Lipinski definition) is 9. The molecular weight excluding hydrogens is 517 g/mol. The summed E-state index contributed by atoms with van der Waals surface area (Å²) >= 11 is 0. The fourth-order valence-corrected chi connectivity index (χ4v) is 5.01. The molecule has 210 valence electrons. The van der Waals surface area contributed by atoms with Crippen molar-refractivity contribution in [1.82, 2.24) is 29.4 Å². The monoisotopic (exact) mass is 548 g/mol. The number of nitrogen functional groups attached to an aromatic ring is 1. The Bertz CT molecular complexity index is 1360. The zero-order valence-corrected chi connectivity index (χ0v) is 21.8. The smallest absolute Gasteiger partial charge is 0.384 e. The number of ether oxygens (including phenoxy) is 1. The number of pyridine rings is 1. The molecule has 1 unspecified atom stereocenters. The Morgan fingerprint density at radius 2 is 1.85 bits per heavy atom. The first-order valence-electron chi connectivity index (χ1n) is 12.8. The molecule has 14 heteroatoms. The normalized spacial score (nSPS) is 18.1. The second-order valence-corrected chi connectivity index (χ2v) is 9.84. The number of anilines is 2. The summed E-state index contributed by atoms with van der Waals surface area (Å²) in [6.07, 6.45) is -4.63. The highest BCUT2D eigenvalue weighted by Crippen LogP contribution is 2.37. The lowest BCUT2D eigenvalue weighted by atomic mass is 10.1. The molecule has 2 aliphatic heterocycles. The molecule has 2 aliphatic rings. The Morgan fingerprint density at radius 3 is 2.49 bits per heavy atom. The van der Waals surface area contributed by atoms with Crippen LogP contribution < -0.4 is 10.6 Å². The molecule has 5 rings (SSSR count). The molecule has 0 saturated carbocycles. The molecule has 0 radical (unpaired) electrons. The van der Waals surface area contributed by atoms with Crippen molar-refractivity contribution in [1.29, 1.82) is 0 Å². The minimum Gasteiger partial charge on any atom is -0.384 e. The van der Waals surface area contributed by atoms with Crippen molar-refractivity contribution < 1.29 is 27.8 Å². The molecule has 0 bridgehead atoms. The minimum absolute atomic E-state index is 0.0979. The van der Waals surface area contributed by atoms with Crippen molar-refractivity contribution in [3.63, 3.8) is 0 Å². The maximum atomic E-state index is 13.9. The predicted octanol–water partition coefficient (Wildman–Crippen LogP) is 1.56. The number of aryl methyl sites for hydroxylation is 1. The van der Waals surface area contributed by atoms with Crippen LogP contribution in [0.25, 0.3) is 16.9 Å². The van der Waals surface area contributed by atoms with Gasteiger partial charge in [-0.25, -0.2) is 14.5 Å². The maximum Gasteiger partial charge on any atom is 0.417 e. The molecule has 1 atom stereocenters. The summed E-state index contributed by atoms with van der Waals surface area (Å²) in [5.41, 5.74) is 6.81. The van der Waals surface area contributed by atoms with Crippen LogP contribution in [-0.4, -0.2) is 99.0 Å². The molecule has 39 heavy (non-hydrogen) atoms. The Balaban J connectivity index is 1.53. The van der Waals surface area contributed by atoms with Crippen LogP contribution in [0.4, 0.5) is 24.8 Å². The first-order chi connectivity index (χ1) is 18.5. The molecule has 0 aromatic carbocycles. The summed E-state index contributed by atoms with van der Waals surface area (Å²) in [6.45, 7) is 8.20. The van der Waals surface area contributed by atoms with Gasteiger partial charge >= 0.3 is 6.18 Å². The summed E-state index contributed by atoms with van der Waals surface area (Å²) in [5, 5.41) is 14.1. The van der Waals surface area contributed by atoms with E-state index >= 15 is 0 Å². The van der Waals surface area contributed by atoms with E-state index in [2.05, 4.69) is 20.0 Å². The largest absolute Gasteiger partial charge is 0.417 e. The number of piperazine rings is 1. The highest BCUT2D eigenvalue weighted by molar-refractivity contribution is 5.80. The fourth-order valence-electron chi connectivity index (χ4n) is 5.01. The Kier molecular flexibility index (Phi) is 7.35. The summed E-state index contributed by atoms with van der Waals surface area (Å²) in [4.78, 5) is 26.5. The van der Waals surface area contributed by atoms with Gasteiger partial charge in [0.15, 0.2) is 11.6 Å². The van der Waals surface area contributed by atoms with Gasteiger partial charge in [0.25, 0.3) is 5.91 Å². The molecule has 0 aliphatic carbocycles. The molecule has 1 amide bonds. The van der Waals surface area contributed by atoms with Gasteiger partial charge in [0.1, 0.15) is 17.4 Å². The first-order valence-corrected chi connectivity index (χ1v) is 12.8. The molecule has 3 aromatic rings.